The first-order valence-corrected chi connectivity index (χ1v) is 7.09. The molecule has 2 rings (SSSR count). The summed E-state index contributed by atoms with van der Waals surface area (Å²) in [5.41, 5.74) is 0. The molecule has 0 saturated carbocycles. The standard InChI is InChI=1S/C14H26O4/c1-9-6-5-7-13(17-9)18-14-11(3)16-10(2)8-12(14)15-4/h9-14H,5-8H2,1-4H3/t9-,10+,11-,12+,13+,14-/m1/s1. The van der Waals surface area contributed by atoms with E-state index in [4.69, 9.17) is 18.9 Å². The summed E-state index contributed by atoms with van der Waals surface area (Å²) >= 11 is 0. The van der Waals surface area contributed by atoms with Crippen molar-refractivity contribution in [3.63, 3.8) is 0 Å². The second-order valence-corrected chi connectivity index (χ2v) is 5.57. The summed E-state index contributed by atoms with van der Waals surface area (Å²) in [6.07, 6.45) is 4.71. The summed E-state index contributed by atoms with van der Waals surface area (Å²) in [6.45, 7) is 6.24. The third kappa shape index (κ3) is 3.44. The van der Waals surface area contributed by atoms with E-state index in [1.807, 2.05) is 0 Å². The topological polar surface area (TPSA) is 36.9 Å². The van der Waals surface area contributed by atoms with Gasteiger partial charge in [-0.25, -0.2) is 0 Å². The molecule has 0 N–H and O–H groups in total. The maximum atomic E-state index is 6.09. The molecular formula is C14H26O4. The summed E-state index contributed by atoms with van der Waals surface area (Å²) in [7, 11) is 1.75. The minimum absolute atomic E-state index is 0.0264. The van der Waals surface area contributed by atoms with E-state index in [0.717, 1.165) is 19.3 Å². The van der Waals surface area contributed by atoms with Crippen LogP contribution in [0.25, 0.3) is 0 Å². The number of rotatable bonds is 3. The first kappa shape index (κ1) is 14.3. The van der Waals surface area contributed by atoms with Crippen LogP contribution in [0.2, 0.25) is 0 Å². The van der Waals surface area contributed by atoms with Crippen molar-refractivity contribution in [1.82, 2.24) is 0 Å². The molecule has 18 heavy (non-hydrogen) atoms. The summed E-state index contributed by atoms with van der Waals surface area (Å²) in [4.78, 5) is 0. The molecule has 6 atom stereocenters. The van der Waals surface area contributed by atoms with Crippen LogP contribution in [0.3, 0.4) is 0 Å². The van der Waals surface area contributed by atoms with Gasteiger partial charge in [0.15, 0.2) is 6.29 Å². The molecule has 0 aromatic heterocycles. The quantitative estimate of drug-likeness (QED) is 0.779. The lowest BCUT2D eigenvalue weighted by Crippen LogP contribution is -2.50. The number of methoxy groups -OCH3 is 1. The highest BCUT2D eigenvalue weighted by Gasteiger charge is 2.38. The maximum absolute atomic E-state index is 6.09. The normalized spacial score (nSPS) is 46.0. The lowest BCUT2D eigenvalue weighted by atomic mass is 9.99. The first-order valence-electron chi connectivity index (χ1n) is 7.09. The largest absolute Gasteiger partial charge is 0.379 e. The van der Waals surface area contributed by atoms with E-state index in [-0.39, 0.29) is 30.7 Å². The van der Waals surface area contributed by atoms with Crippen molar-refractivity contribution in [2.24, 2.45) is 0 Å². The molecule has 2 aliphatic heterocycles. The molecule has 0 spiro atoms. The molecule has 0 radical (unpaired) electrons. The third-order valence-electron chi connectivity index (χ3n) is 3.89. The highest BCUT2D eigenvalue weighted by atomic mass is 16.7. The Kier molecular flexibility index (Phi) is 5.01. The van der Waals surface area contributed by atoms with Gasteiger partial charge in [-0.05, 0) is 40.0 Å². The molecule has 4 nitrogen and oxygen atoms in total. The van der Waals surface area contributed by atoms with Gasteiger partial charge in [0, 0.05) is 13.5 Å². The van der Waals surface area contributed by atoms with Crippen molar-refractivity contribution in [2.75, 3.05) is 7.11 Å². The van der Waals surface area contributed by atoms with Gasteiger partial charge in [0.05, 0.1) is 24.4 Å². The minimum atomic E-state index is -0.101. The molecule has 106 valence electrons. The van der Waals surface area contributed by atoms with Crippen LogP contribution in [0.4, 0.5) is 0 Å². The van der Waals surface area contributed by atoms with Gasteiger partial charge in [-0.2, -0.15) is 0 Å². The third-order valence-corrected chi connectivity index (χ3v) is 3.89. The zero-order chi connectivity index (χ0) is 13.1. The van der Waals surface area contributed by atoms with Crippen LogP contribution in [0.15, 0.2) is 0 Å². The molecule has 0 aromatic rings. The van der Waals surface area contributed by atoms with Gasteiger partial charge >= 0.3 is 0 Å². The van der Waals surface area contributed by atoms with Crippen LogP contribution < -0.4 is 0 Å². The lowest BCUT2D eigenvalue weighted by Gasteiger charge is -2.41. The Labute approximate surface area is 110 Å². The van der Waals surface area contributed by atoms with Crippen LogP contribution in [-0.4, -0.2) is 43.9 Å². The summed E-state index contributed by atoms with van der Waals surface area (Å²) < 4.78 is 23.3. The summed E-state index contributed by atoms with van der Waals surface area (Å²) in [5.74, 6) is 0. The summed E-state index contributed by atoms with van der Waals surface area (Å²) in [6, 6.07) is 0. The monoisotopic (exact) mass is 258 g/mol. The Balaban J connectivity index is 1.92. The Hall–Kier alpha value is -0.160. The predicted molar refractivity (Wildman–Crippen MR) is 68.5 cm³/mol. The van der Waals surface area contributed by atoms with Gasteiger partial charge < -0.3 is 18.9 Å². The van der Waals surface area contributed by atoms with Gasteiger partial charge in [0.1, 0.15) is 6.10 Å². The van der Waals surface area contributed by atoms with Crippen LogP contribution in [0.1, 0.15) is 46.5 Å². The van der Waals surface area contributed by atoms with Crippen molar-refractivity contribution < 1.29 is 18.9 Å². The molecule has 0 unspecified atom stereocenters. The van der Waals surface area contributed by atoms with Crippen LogP contribution in [-0.2, 0) is 18.9 Å². The second-order valence-electron chi connectivity index (χ2n) is 5.57. The number of ether oxygens (including phenoxy) is 4. The fourth-order valence-electron chi connectivity index (χ4n) is 2.93. The van der Waals surface area contributed by atoms with E-state index in [1.165, 1.54) is 6.42 Å². The van der Waals surface area contributed by atoms with Gasteiger partial charge in [0.2, 0.25) is 0 Å². The molecule has 2 heterocycles. The Morgan fingerprint density at radius 3 is 2.44 bits per heavy atom. The smallest absolute Gasteiger partial charge is 0.158 e. The fourth-order valence-corrected chi connectivity index (χ4v) is 2.93. The van der Waals surface area contributed by atoms with Crippen molar-refractivity contribution in [1.29, 1.82) is 0 Å². The molecule has 2 fully saturated rings. The van der Waals surface area contributed by atoms with Gasteiger partial charge in [-0.15, -0.1) is 0 Å². The number of hydrogen-bond donors (Lipinski definition) is 0. The van der Waals surface area contributed by atoms with Crippen LogP contribution >= 0.6 is 0 Å². The van der Waals surface area contributed by atoms with E-state index in [2.05, 4.69) is 20.8 Å². The number of hydrogen-bond acceptors (Lipinski definition) is 4. The molecule has 2 aliphatic rings. The molecule has 0 aromatic carbocycles. The first-order chi connectivity index (χ1) is 8.60. The average Bonchev–Trinajstić information content (AvgIpc) is 2.32. The zero-order valence-corrected chi connectivity index (χ0v) is 11.9. The van der Waals surface area contributed by atoms with Crippen molar-refractivity contribution in [3.05, 3.63) is 0 Å². The average molecular weight is 258 g/mol. The molecular weight excluding hydrogens is 232 g/mol. The van der Waals surface area contributed by atoms with Crippen molar-refractivity contribution in [3.8, 4) is 0 Å². The Bertz CT molecular complexity index is 258. The fraction of sp³-hybridized carbons (Fsp3) is 1.00. The van der Waals surface area contributed by atoms with Crippen molar-refractivity contribution >= 4 is 0 Å². The Morgan fingerprint density at radius 1 is 1.00 bits per heavy atom. The maximum Gasteiger partial charge on any atom is 0.158 e. The van der Waals surface area contributed by atoms with Crippen LogP contribution in [0.5, 0.6) is 0 Å². The SMILES string of the molecule is CO[C@H]1C[C@H](C)O[C@H](C)[C@H]1O[C@H]1CCC[C@@H](C)O1. The second kappa shape index (κ2) is 6.33. The van der Waals surface area contributed by atoms with Crippen molar-refractivity contribution in [2.45, 2.75) is 83.3 Å². The van der Waals surface area contributed by atoms with E-state index in [9.17, 15) is 0 Å². The minimum Gasteiger partial charge on any atom is -0.379 e. The predicted octanol–water partition coefficient (Wildman–Crippen LogP) is 2.50. The summed E-state index contributed by atoms with van der Waals surface area (Å²) in [5, 5.41) is 0. The molecule has 4 heteroatoms. The molecule has 0 aliphatic carbocycles. The van der Waals surface area contributed by atoms with Gasteiger partial charge in [-0.1, -0.05) is 0 Å². The van der Waals surface area contributed by atoms with E-state index < -0.39 is 0 Å². The van der Waals surface area contributed by atoms with E-state index in [1.54, 1.807) is 7.11 Å². The molecule has 0 amide bonds. The van der Waals surface area contributed by atoms with Crippen LogP contribution in [0, 0.1) is 0 Å². The van der Waals surface area contributed by atoms with E-state index >= 15 is 0 Å². The van der Waals surface area contributed by atoms with E-state index in [0.29, 0.717) is 6.10 Å². The zero-order valence-electron chi connectivity index (χ0n) is 11.9. The molecule has 0 bridgehead atoms. The lowest BCUT2D eigenvalue weighted by molar-refractivity contribution is -0.268. The highest BCUT2D eigenvalue weighted by Crippen LogP contribution is 2.28. The Morgan fingerprint density at radius 2 is 1.78 bits per heavy atom. The van der Waals surface area contributed by atoms with Gasteiger partial charge in [-0.3, -0.25) is 0 Å². The highest BCUT2D eigenvalue weighted by molar-refractivity contribution is 4.84. The molecule has 2 saturated heterocycles. The van der Waals surface area contributed by atoms with Gasteiger partial charge in [0.25, 0.3) is 0 Å².